The lowest BCUT2D eigenvalue weighted by molar-refractivity contribution is -0.137. The number of primary amides is 1. The largest absolute Gasteiger partial charge is 0.417 e. The predicted molar refractivity (Wildman–Crippen MR) is 130 cm³/mol. The lowest BCUT2D eigenvalue weighted by Crippen LogP contribution is -2.19. The Labute approximate surface area is 211 Å². The van der Waals surface area contributed by atoms with Crippen LogP contribution in [0.3, 0.4) is 0 Å². The van der Waals surface area contributed by atoms with Gasteiger partial charge in [-0.15, -0.1) is 0 Å². The maximum absolute atomic E-state index is 13.8. The van der Waals surface area contributed by atoms with Gasteiger partial charge < -0.3 is 11.1 Å². The summed E-state index contributed by atoms with van der Waals surface area (Å²) in [5, 5.41) is 2.27. The van der Waals surface area contributed by atoms with E-state index in [4.69, 9.17) is 5.73 Å². The summed E-state index contributed by atoms with van der Waals surface area (Å²) in [6.07, 6.45) is 0.620. The zero-order valence-electron chi connectivity index (χ0n) is 19.2. The molecule has 0 spiro atoms. The zero-order chi connectivity index (χ0) is 27.0. The molecule has 2 amide bonds. The van der Waals surface area contributed by atoms with Gasteiger partial charge in [0.2, 0.25) is 5.91 Å². The molecule has 0 aliphatic heterocycles. The molecule has 8 nitrogen and oxygen atoms in total. The van der Waals surface area contributed by atoms with Gasteiger partial charge >= 0.3 is 6.18 Å². The molecule has 1 aromatic carbocycles. The summed E-state index contributed by atoms with van der Waals surface area (Å²) in [5.74, 6) is -2.10. The molecule has 0 fully saturated rings. The molecule has 0 bridgehead atoms. The van der Waals surface area contributed by atoms with Gasteiger partial charge in [-0.25, -0.2) is 14.4 Å². The second kappa shape index (κ2) is 9.39. The highest BCUT2D eigenvalue weighted by Crippen LogP contribution is 2.36. The molecule has 5 aromatic rings. The van der Waals surface area contributed by atoms with Crippen molar-refractivity contribution in [2.24, 2.45) is 5.73 Å². The minimum atomic E-state index is -4.81. The predicted octanol–water partition coefficient (Wildman–Crippen LogP) is 4.97. The van der Waals surface area contributed by atoms with Crippen LogP contribution in [0, 0.1) is 5.82 Å². The number of carbonyl (C=O) groups excluding carboxylic acids is 2. The van der Waals surface area contributed by atoms with Gasteiger partial charge in [-0.2, -0.15) is 13.2 Å². The lowest BCUT2D eigenvalue weighted by Gasteiger charge is -2.15. The van der Waals surface area contributed by atoms with Crippen molar-refractivity contribution < 1.29 is 27.2 Å². The molecule has 3 N–H and O–H groups in total. The number of alkyl halides is 3. The number of halogens is 4. The Balaban J connectivity index is 1.59. The minimum Gasteiger partial charge on any atom is -0.366 e. The molecular weight excluding hydrogens is 504 g/mol. The molecule has 0 atom stereocenters. The topological polar surface area (TPSA) is 115 Å². The van der Waals surface area contributed by atoms with Crippen molar-refractivity contribution in [3.8, 4) is 22.6 Å². The maximum atomic E-state index is 13.8. The number of nitrogens with two attached hydrogens (primary N) is 1. The summed E-state index contributed by atoms with van der Waals surface area (Å²) in [7, 11) is 0. The number of benzene rings is 1. The molecule has 0 aliphatic carbocycles. The third-order valence-corrected chi connectivity index (χ3v) is 5.69. The summed E-state index contributed by atoms with van der Waals surface area (Å²) in [5.41, 5.74) is 5.48. The van der Waals surface area contributed by atoms with E-state index >= 15 is 0 Å². The van der Waals surface area contributed by atoms with Crippen molar-refractivity contribution in [2.45, 2.75) is 6.18 Å². The number of fused-ring (bicyclic) bond motifs is 1. The second-order valence-electron chi connectivity index (χ2n) is 8.13. The van der Waals surface area contributed by atoms with Crippen molar-refractivity contribution in [3.05, 3.63) is 102 Å². The van der Waals surface area contributed by atoms with Crippen LogP contribution in [0.5, 0.6) is 0 Å². The highest BCUT2D eigenvalue weighted by molar-refractivity contribution is 6.06. The fourth-order valence-corrected chi connectivity index (χ4v) is 3.94. The quantitative estimate of drug-likeness (QED) is 0.318. The van der Waals surface area contributed by atoms with Crippen molar-refractivity contribution in [1.29, 1.82) is 0 Å². The molecule has 190 valence electrons. The van der Waals surface area contributed by atoms with Gasteiger partial charge in [0.1, 0.15) is 17.3 Å². The van der Waals surface area contributed by atoms with Gasteiger partial charge in [-0.3, -0.25) is 19.0 Å². The number of nitrogens with zero attached hydrogens (tertiary/aromatic N) is 4. The van der Waals surface area contributed by atoms with Gasteiger partial charge in [-0.05, 0) is 48.0 Å². The molecule has 0 saturated carbocycles. The molecule has 0 aliphatic rings. The van der Waals surface area contributed by atoms with Gasteiger partial charge in [-0.1, -0.05) is 12.1 Å². The Kier molecular flexibility index (Phi) is 6.07. The van der Waals surface area contributed by atoms with E-state index in [0.29, 0.717) is 28.2 Å². The van der Waals surface area contributed by atoms with Crippen LogP contribution in [0.2, 0.25) is 0 Å². The van der Waals surface area contributed by atoms with Gasteiger partial charge in [0.25, 0.3) is 5.91 Å². The summed E-state index contributed by atoms with van der Waals surface area (Å²) in [6, 6.07) is 11.6. The standard InChI is InChI=1S/C26H16F4N6O2/c27-16-4-6-22(33-12-16)35-25(38)18-10-14(3-5-19(18)26(28,29)30)17-2-1-9-36-21(17)13-34-24(36)20-11-15(23(31)37)7-8-32-20/h1-13H,(H2,31,37)(H,33,35,38). The number of nitrogens with one attached hydrogen (secondary N) is 1. The van der Waals surface area contributed by atoms with Crippen LogP contribution in [0.1, 0.15) is 26.3 Å². The number of imidazole rings is 1. The summed E-state index contributed by atoms with van der Waals surface area (Å²) < 4.78 is 56.1. The van der Waals surface area contributed by atoms with E-state index in [9.17, 15) is 27.2 Å². The van der Waals surface area contributed by atoms with Crippen LogP contribution >= 0.6 is 0 Å². The normalized spacial score (nSPS) is 11.5. The number of carbonyl (C=O) groups is 2. The minimum absolute atomic E-state index is 0.108. The van der Waals surface area contributed by atoms with E-state index in [-0.39, 0.29) is 11.4 Å². The molecule has 4 aromatic heterocycles. The number of anilines is 1. The molecule has 0 saturated heterocycles. The molecule has 12 heteroatoms. The summed E-state index contributed by atoms with van der Waals surface area (Å²) in [4.78, 5) is 36.7. The highest BCUT2D eigenvalue weighted by Gasteiger charge is 2.35. The average molecular weight is 520 g/mol. The molecule has 0 unspecified atom stereocenters. The first kappa shape index (κ1) is 24.6. The lowest BCUT2D eigenvalue weighted by atomic mass is 9.98. The Morgan fingerprint density at radius 3 is 2.47 bits per heavy atom. The number of aromatic nitrogens is 4. The first-order valence-corrected chi connectivity index (χ1v) is 11.0. The van der Waals surface area contributed by atoms with Gasteiger partial charge in [0.15, 0.2) is 5.82 Å². The maximum Gasteiger partial charge on any atom is 0.417 e. The van der Waals surface area contributed by atoms with E-state index < -0.39 is 34.9 Å². The summed E-state index contributed by atoms with van der Waals surface area (Å²) >= 11 is 0. The first-order valence-electron chi connectivity index (χ1n) is 11.0. The van der Waals surface area contributed by atoms with Crippen molar-refractivity contribution in [3.63, 3.8) is 0 Å². The molecule has 38 heavy (non-hydrogen) atoms. The van der Waals surface area contributed by atoms with E-state index in [0.717, 1.165) is 30.5 Å². The third-order valence-electron chi connectivity index (χ3n) is 5.69. The molecule has 5 rings (SSSR count). The number of rotatable bonds is 5. The smallest absolute Gasteiger partial charge is 0.366 e. The second-order valence-corrected chi connectivity index (χ2v) is 8.13. The Bertz CT molecular complexity index is 1700. The number of hydrogen-bond acceptors (Lipinski definition) is 5. The SMILES string of the molecule is NC(=O)c1ccnc(-c2ncc3c(-c4ccc(C(F)(F)F)c(C(=O)Nc5ccc(F)cn5)c4)cccn23)c1. The third kappa shape index (κ3) is 4.66. The Hall–Kier alpha value is -5.13. The fourth-order valence-electron chi connectivity index (χ4n) is 3.94. The van der Waals surface area contributed by atoms with Crippen LogP contribution in [0.4, 0.5) is 23.4 Å². The van der Waals surface area contributed by atoms with E-state index in [1.807, 2.05) is 0 Å². The molecular formula is C26H16F4N6O2. The molecule has 4 heterocycles. The monoisotopic (exact) mass is 520 g/mol. The van der Waals surface area contributed by atoms with Crippen molar-refractivity contribution >= 4 is 23.1 Å². The van der Waals surface area contributed by atoms with E-state index in [1.54, 1.807) is 22.7 Å². The Morgan fingerprint density at radius 2 is 1.76 bits per heavy atom. The van der Waals surface area contributed by atoms with Crippen molar-refractivity contribution in [2.75, 3.05) is 5.32 Å². The Morgan fingerprint density at radius 1 is 0.947 bits per heavy atom. The van der Waals surface area contributed by atoms with E-state index in [1.165, 1.54) is 30.6 Å². The number of pyridine rings is 3. The van der Waals surface area contributed by atoms with Gasteiger partial charge in [0.05, 0.1) is 29.0 Å². The zero-order valence-corrected chi connectivity index (χ0v) is 19.2. The van der Waals surface area contributed by atoms with Crippen LogP contribution in [0.25, 0.3) is 28.2 Å². The summed E-state index contributed by atoms with van der Waals surface area (Å²) in [6.45, 7) is 0. The molecule has 0 radical (unpaired) electrons. The number of hydrogen-bond donors (Lipinski definition) is 2. The highest BCUT2D eigenvalue weighted by atomic mass is 19.4. The van der Waals surface area contributed by atoms with Crippen LogP contribution in [-0.4, -0.2) is 31.2 Å². The first-order chi connectivity index (χ1) is 18.1. The van der Waals surface area contributed by atoms with Crippen LogP contribution < -0.4 is 11.1 Å². The fraction of sp³-hybridized carbons (Fsp3) is 0.0385. The van der Waals surface area contributed by atoms with Gasteiger partial charge in [0, 0.05) is 23.5 Å². The van der Waals surface area contributed by atoms with E-state index in [2.05, 4.69) is 20.3 Å². The van der Waals surface area contributed by atoms with Crippen LogP contribution in [0.15, 0.2) is 79.4 Å². The van der Waals surface area contributed by atoms with Crippen LogP contribution in [-0.2, 0) is 6.18 Å². The number of amides is 2. The average Bonchev–Trinajstić information content (AvgIpc) is 3.33. The van der Waals surface area contributed by atoms with Crippen molar-refractivity contribution in [1.82, 2.24) is 19.4 Å².